The molecule has 0 aliphatic carbocycles. The maximum Gasteiger partial charge on any atom is 0.132 e. The first-order chi connectivity index (χ1) is 17.2. The molecular weight excluding hydrogens is 434 g/mol. The summed E-state index contributed by atoms with van der Waals surface area (Å²) in [6.45, 7) is 1.88. The van der Waals surface area contributed by atoms with Crippen LogP contribution in [0.2, 0.25) is 0 Å². The van der Waals surface area contributed by atoms with Gasteiger partial charge in [0.2, 0.25) is 0 Å². The molecule has 35 heavy (non-hydrogen) atoms. The Bertz CT molecular complexity index is 1690. The molecule has 6 rings (SSSR count). The lowest BCUT2D eigenvalue weighted by Crippen LogP contribution is -1.99. The Kier molecular flexibility index (Phi) is 4.90. The van der Waals surface area contributed by atoms with E-state index < -0.39 is 0 Å². The van der Waals surface area contributed by atoms with Gasteiger partial charge in [-0.3, -0.25) is 0 Å². The van der Waals surface area contributed by atoms with E-state index in [-0.39, 0.29) is 0 Å². The van der Waals surface area contributed by atoms with E-state index in [1.54, 1.807) is 4.68 Å². The first-order valence-corrected chi connectivity index (χ1v) is 11.2. The maximum atomic E-state index is 10.3. The summed E-state index contributed by atoms with van der Waals surface area (Å²) >= 11 is 0. The van der Waals surface area contributed by atoms with Crippen molar-refractivity contribution in [3.8, 4) is 40.1 Å². The molecule has 0 bridgehead atoms. The number of fused-ring (bicyclic) bond motifs is 1. The van der Waals surface area contributed by atoms with Crippen LogP contribution in [0.3, 0.4) is 0 Å². The van der Waals surface area contributed by atoms with Crippen LogP contribution in [0.5, 0.6) is 0 Å². The fraction of sp³-hybridized carbons (Fsp3) is 0.0357. The van der Waals surface area contributed by atoms with Gasteiger partial charge in [-0.1, -0.05) is 66.7 Å². The van der Waals surface area contributed by atoms with Crippen LogP contribution >= 0.6 is 0 Å². The smallest absolute Gasteiger partial charge is 0.132 e. The Labute approximate surface area is 201 Å². The minimum atomic E-state index is 0.437. The zero-order chi connectivity index (χ0) is 23.8. The number of benzene rings is 3. The topological polar surface area (TPSA) is 85.2 Å². The summed E-state index contributed by atoms with van der Waals surface area (Å²) in [5, 5.41) is 29.7. The van der Waals surface area contributed by atoms with Crippen LogP contribution in [0, 0.1) is 18.3 Å². The predicted molar refractivity (Wildman–Crippen MR) is 134 cm³/mol. The summed E-state index contributed by atoms with van der Waals surface area (Å²) in [6, 6.07) is 31.9. The summed E-state index contributed by atoms with van der Waals surface area (Å²) in [6.07, 6.45) is 1.92. The third-order valence-electron chi connectivity index (χ3n) is 5.90. The Hall–Kier alpha value is -5.09. The molecule has 3 aromatic heterocycles. The van der Waals surface area contributed by atoms with Gasteiger partial charge in [-0.25, -0.2) is 9.36 Å². The molecule has 166 valence electrons. The molecule has 0 atom stereocenters. The normalized spacial score (nSPS) is 11.0. The molecule has 0 aliphatic rings. The van der Waals surface area contributed by atoms with E-state index in [1.807, 2.05) is 109 Å². The van der Waals surface area contributed by atoms with Crippen molar-refractivity contribution in [2.24, 2.45) is 0 Å². The lowest BCUT2D eigenvalue weighted by Gasteiger charge is -2.07. The second-order valence-electron chi connectivity index (χ2n) is 8.10. The van der Waals surface area contributed by atoms with Crippen molar-refractivity contribution in [3.63, 3.8) is 0 Å². The molecule has 7 heteroatoms. The number of para-hydroxylation sites is 2. The van der Waals surface area contributed by atoms with Crippen molar-refractivity contribution in [2.45, 2.75) is 6.92 Å². The van der Waals surface area contributed by atoms with Gasteiger partial charge in [-0.05, 0) is 31.2 Å². The molecule has 3 aromatic carbocycles. The third kappa shape index (κ3) is 3.45. The van der Waals surface area contributed by atoms with Gasteiger partial charge in [0.15, 0.2) is 0 Å². The van der Waals surface area contributed by atoms with Crippen LogP contribution in [0.25, 0.3) is 44.9 Å². The average molecular weight is 454 g/mol. The van der Waals surface area contributed by atoms with Gasteiger partial charge in [0.25, 0.3) is 0 Å². The van der Waals surface area contributed by atoms with E-state index in [0.717, 1.165) is 27.8 Å². The van der Waals surface area contributed by atoms with Crippen molar-refractivity contribution < 1.29 is 0 Å². The molecule has 0 spiro atoms. The molecule has 0 saturated carbocycles. The van der Waals surface area contributed by atoms with Crippen molar-refractivity contribution in [2.75, 3.05) is 0 Å². The largest absolute Gasteiger partial charge is 0.240 e. The molecule has 0 aliphatic heterocycles. The number of rotatable bonds is 4. The Morgan fingerprint density at radius 2 is 1.34 bits per heavy atom. The van der Waals surface area contributed by atoms with Crippen molar-refractivity contribution in [1.29, 1.82) is 5.26 Å². The molecule has 3 heterocycles. The first kappa shape index (κ1) is 20.5. The first-order valence-electron chi connectivity index (χ1n) is 11.2. The van der Waals surface area contributed by atoms with Crippen LogP contribution in [-0.4, -0.2) is 29.8 Å². The van der Waals surface area contributed by atoms with E-state index in [2.05, 4.69) is 16.3 Å². The van der Waals surface area contributed by atoms with E-state index in [4.69, 9.17) is 10.2 Å². The van der Waals surface area contributed by atoms with Crippen molar-refractivity contribution in [3.05, 3.63) is 108 Å². The molecule has 6 aromatic rings. The van der Waals surface area contributed by atoms with E-state index in [1.165, 1.54) is 0 Å². The highest BCUT2D eigenvalue weighted by atomic mass is 15.3. The standard InChI is InChI=1S/C28H19N7/c1-19-25-24(18-34(32-25)21-13-7-3-8-14-21)26(31-30-19)27-23(17-29)28(20-11-5-2-6-12-20)35(33-27)22-15-9-4-10-16-22/h2-16,18H,1H3. The molecule has 0 N–H and O–H groups in total. The van der Waals surface area contributed by atoms with Crippen LogP contribution in [0.4, 0.5) is 0 Å². The lowest BCUT2D eigenvalue weighted by atomic mass is 10.0. The highest BCUT2D eigenvalue weighted by Crippen LogP contribution is 2.36. The molecule has 0 saturated heterocycles. The zero-order valence-electron chi connectivity index (χ0n) is 18.9. The summed E-state index contributed by atoms with van der Waals surface area (Å²) < 4.78 is 3.61. The number of aryl methyl sites for hydroxylation is 1. The van der Waals surface area contributed by atoms with Gasteiger partial charge < -0.3 is 0 Å². The number of hydrogen-bond acceptors (Lipinski definition) is 5. The Morgan fingerprint density at radius 3 is 2.00 bits per heavy atom. The molecular formula is C28H19N7. The number of nitrogens with zero attached hydrogens (tertiary/aromatic N) is 7. The quantitative estimate of drug-likeness (QED) is 0.351. The average Bonchev–Trinajstić information content (AvgIpc) is 3.54. The fourth-order valence-electron chi connectivity index (χ4n) is 4.24. The van der Waals surface area contributed by atoms with Crippen LogP contribution in [-0.2, 0) is 0 Å². The van der Waals surface area contributed by atoms with E-state index in [9.17, 15) is 5.26 Å². The lowest BCUT2D eigenvalue weighted by molar-refractivity contribution is 0.884. The summed E-state index contributed by atoms with van der Waals surface area (Å²) in [5.41, 5.74) is 6.24. The number of hydrogen-bond donors (Lipinski definition) is 0. The summed E-state index contributed by atoms with van der Waals surface area (Å²) in [4.78, 5) is 0. The monoisotopic (exact) mass is 453 g/mol. The molecule has 7 nitrogen and oxygen atoms in total. The van der Waals surface area contributed by atoms with Gasteiger partial charge in [0.1, 0.15) is 28.5 Å². The summed E-state index contributed by atoms with van der Waals surface area (Å²) in [7, 11) is 0. The molecule has 0 unspecified atom stereocenters. The number of aromatic nitrogens is 6. The van der Waals surface area contributed by atoms with Gasteiger partial charge in [0, 0.05) is 11.8 Å². The van der Waals surface area contributed by atoms with Crippen LogP contribution < -0.4 is 0 Å². The summed E-state index contributed by atoms with van der Waals surface area (Å²) in [5.74, 6) is 0. The van der Waals surface area contributed by atoms with Crippen molar-refractivity contribution in [1.82, 2.24) is 29.8 Å². The highest BCUT2D eigenvalue weighted by Gasteiger charge is 2.25. The number of nitriles is 1. The van der Waals surface area contributed by atoms with Crippen LogP contribution in [0.15, 0.2) is 97.2 Å². The molecule has 0 amide bonds. The third-order valence-corrected chi connectivity index (χ3v) is 5.90. The van der Waals surface area contributed by atoms with Gasteiger partial charge in [-0.2, -0.15) is 20.6 Å². The molecule has 0 radical (unpaired) electrons. The minimum absolute atomic E-state index is 0.437. The van der Waals surface area contributed by atoms with Crippen molar-refractivity contribution >= 4 is 10.9 Å². The van der Waals surface area contributed by atoms with E-state index in [0.29, 0.717) is 28.3 Å². The second kappa shape index (κ2) is 8.36. The van der Waals surface area contributed by atoms with Gasteiger partial charge in [-0.15, -0.1) is 5.10 Å². The highest BCUT2D eigenvalue weighted by molar-refractivity contribution is 5.95. The fourth-order valence-corrected chi connectivity index (χ4v) is 4.24. The van der Waals surface area contributed by atoms with Gasteiger partial charge >= 0.3 is 0 Å². The molecule has 0 fully saturated rings. The second-order valence-corrected chi connectivity index (χ2v) is 8.10. The van der Waals surface area contributed by atoms with E-state index >= 15 is 0 Å². The van der Waals surface area contributed by atoms with Crippen LogP contribution in [0.1, 0.15) is 11.3 Å². The predicted octanol–water partition coefficient (Wildman–Crippen LogP) is 5.52. The SMILES string of the molecule is Cc1nnc(-c2nn(-c3ccccc3)c(-c3ccccc3)c2C#N)c2cn(-c3ccccc3)nc12. The maximum absolute atomic E-state index is 10.3. The Morgan fingerprint density at radius 1 is 0.714 bits per heavy atom. The zero-order valence-corrected chi connectivity index (χ0v) is 18.9. The Balaban J connectivity index is 1.65. The van der Waals surface area contributed by atoms with Gasteiger partial charge in [0.05, 0.1) is 28.1 Å². The minimum Gasteiger partial charge on any atom is -0.240 e.